The molecular formula is C23H21F3N2O2. The highest BCUT2D eigenvalue weighted by Gasteiger charge is 2.65. The van der Waals surface area contributed by atoms with E-state index in [0.29, 0.717) is 46.1 Å². The first-order valence-electron chi connectivity index (χ1n) is 9.78. The molecule has 1 aliphatic rings. The fourth-order valence-corrected chi connectivity index (χ4v) is 4.74. The lowest BCUT2D eigenvalue weighted by molar-refractivity contribution is -0.183. The number of rotatable bonds is 5. The molecule has 7 heteroatoms. The van der Waals surface area contributed by atoms with E-state index in [0.717, 1.165) is 0 Å². The van der Waals surface area contributed by atoms with Crippen molar-refractivity contribution in [2.45, 2.75) is 24.4 Å². The molecule has 5 rings (SSSR count). The molecule has 1 aliphatic carbocycles. The third kappa shape index (κ3) is 2.54. The Kier molecular flexibility index (Phi) is 4.07. The lowest BCUT2D eigenvalue weighted by Gasteiger charge is -2.36. The number of ether oxygens (including phenoxy) is 2. The number of H-pyrrole nitrogens is 2. The summed E-state index contributed by atoms with van der Waals surface area (Å²) < 4.78 is 56.0. The predicted octanol–water partition coefficient (Wildman–Crippen LogP) is 5.92. The van der Waals surface area contributed by atoms with Gasteiger partial charge in [-0.2, -0.15) is 13.2 Å². The Bertz CT molecular complexity index is 1150. The maximum Gasteiger partial charge on any atom is 0.402 e. The summed E-state index contributed by atoms with van der Waals surface area (Å²) in [5.74, 6) is 0.513. The summed E-state index contributed by atoms with van der Waals surface area (Å²) in [4.78, 5) is 6.08. The number of methoxy groups -OCH3 is 2. The normalized spacial score (nSPS) is 15.1. The van der Waals surface area contributed by atoms with E-state index in [2.05, 4.69) is 9.97 Å². The minimum absolute atomic E-state index is 0.232. The monoisotopic (exact) mass is 414 g/mol. The van der Waals surface area contributed by atoms with E-state index in [9.17, 15) is 0 Å². The van der Waals surface area contributed by atoms with Gasteiger partial charge in [-0.1, -0.05) is 0 Å². The Morgan fingerprint density at radius 1 is 0.800 bits per heavy atom. The first-order valence-corrected chi connectivity index (χ1v) is 9.78. The van der Waals surface area contributed by atoms with Crippen LogP contribution in [0.1, 0.15) is 24.0 Å². The van der Waals surface area contributed by atoms with Gasteiger partial charge in [0.25, 0.3) is 0 Å². The van der Waals surface area contributed by atoms with Crippen LogP contribution < -0.4 is 9.47 Å². The Balaban J connectivity index is 1.87. The average Bonchev–Trinajstić information content (AvgIpc) is 3.36. The molecule has 0 aliphatic heterocycles. The molecule has 0 radical (unpaired) electrons. The maximum atomic E-state index is 15.1. The second-order valence-corrected chi connectivity index (χ2v) is 7.81. The average molecular weight is 414 g/mol. The molecule has 1 fully saturated rings. The highest BCUT2D eigenvalue weighted by Crippen LogP contribution is 2.61. The van der Waals surface area contributed by atoms with E-state index in [4.69, 9.17) is 9.47 Å². The molecule has 0 saturated heterocycles. The van der Waals surface area contributed by atoms with Gasteiger partial charge in [0.2, 0.25) is 0 Å². The van der Waals surface area contributed by atoms with Crippen molar-refractivity contribution in [1.82, 2.24) is 9.97 Å². The Hall–Kier alpha value is -3.09. The number of aromatic nitrogens is 2. The van der Waals surface area contributed by atoms with Crippen LogP contribution in [-0.4, -0.2) is 30.4 Å². The molecule has 30 heavy (non-hydrogen) atoms. The summed E-state index contributed by atoms with van der Waals surface area (Å²) in [6.45, 7) is 0. The largest absolute Gasteiger partial charge is 0.497 e. The van der Waals surface area contributed by atoms with Gasteiger partial charge in [0.15, 0.2) is 0 Å². The van der Waals surface area contributed by atoms with Crippen LogP contribution in [-0.2, 0) is 5.41 Å². The first kappa shape index (κ1) is 18.9. The van der Waals surface area contributed by atoms with Crippen LogP contribution in [0.15, 0.2) is 48.8 Å². The van der Waals surface area contributed by atoms with E-state index >= 15 is 13.2 Å². The zero-order valence-electron chi connectivity index (χ0n) is 16.6. The molecule has 4 aromatic rings. The summed E-state index contributed by atoms with van der Waals surface area (Å²) in [5.41, 5.74) is -0.373. The van der Waals surface area contributed by atoms with Crippen LogP contribution >= 0.6 is 0 Å². The van der Waals surface area contributed by atoms with Gasteiger partial charge in [0, 0.05) is 34.2 Å². The van der Waals surface area contributed by atoms with Crippen molar-refractivity contribution in [2.75, 3.05) is 14.2 Å². The molecule has 156 valence electrons. The first-order chi connectivity index (χ1) is 14.4. The molecule has 0 atom stereocenters. The second-order valence-electron chi connectivity index (χ2n) is 7.81. The van der Waals surface area contributed by atoms with Crippen molar-refractivity contribution in [1.29, 1.82) is 0 Å². The van der Waals surface area contributed by atoms with E-state index in [-0.39, 0.29) is 11.1 Å². The lowest BCUT2D eigenvalue weighted by atomic mass is 9.69. The number of hydrogen-bond donors (Lipinski definition) is 2. The number of aromatic amines is 2. The van der Waals surface area contributed by atoms with Crippen LogP contribution in [0, 0.1) is 5.92 Å². The number of halogens is 3. The van der Waals surface area contributed by atoms with E-state index in [1.54, 1.807) is 36.4 Å². The molecule has 0 spiro atoms. The molecule has 2 heterocycles. The van der Waals surface area contributed by atoms with Gasteiger partial charge in [0.05, 0.1) is 14.2 Å². The summed E-state index contributed by atoms with van der Waals surface area (Å²) in [6.07, 6.45) is -0.437. The van der Waals surface area contributed by atoms with Crippen LogP contribution in [0.2, 0.25) is 0 Å². The topological polar surface area (TPSA) is 50.0 Å². The second kappa shape index (κ2) is 6.45. The van der Waals surface area contributed by atoms with E-state index in [1.165, 1.54) is 26.6 Å². The Morgan fingerprint density at radius 2 is 1.27 bits per heavy atom. The van der Waals surface area contributed by atoms with Gasteiger partial charge in [-0.15, -0.1) is 0 Å². The van der Waals surface area contributed by atoms with Crippen LogP contribution in [0.5, 0.6) is 11.5 Å². The van der Waals surface area contributed by atoms with Gasteiger partial charge >= 0.3 is 6.18 Å². The number of alkyl halides is 3. The van der Waals surface area contributed by atoms with Crippen molar-refractivity contribution in [3.63, 3.8) is 0 Å². The molecule has 2 N–H and O–H groups in total. The van der Waals surface area contributed by atoms with Crippen molar-refractivity contribution >= 4 is 21.8 Å². The number of nitrogens with one attached hydrogen (secondary N) is 2. The van der Waals surface area contributed by atoms with Crippen LogP contribution in [0.25, 0.3) is 21.8 Å². The summed E-state index contributed by atoms with van der Waals surface area (Å²) in [7, 11) is 3.02. The van der Waals surface area contributed by atoms with Gasteiger partial charge < -0.3 is 19.4 Å². The molecule has 0 bridgehead atoms. The van der Waals surface area contributed by atoms with Crippen molar-refractivity contribution in [3.8, 4) is 11.5 Å². The van der Waals surface area contributed by atoms with Gasteiger partial charge in [-0.05, 0) is 66.3 Å². The zero-order valence-corrected chi connectivity index (χ0v) is 16.6. The van der Waals surface area contributed by atoms with Crippen molar-refractivity contribution in [3.05, 3.63) is 59.9 Å². The van der Waals surface area contributed by atoms with Gasteiger partial charge in [-0.25, -0.2) is 0 Å². The standard InChI is InChI=1S/C23H21F3N2O2/c1-29-14-5-7-20-16(9-14)18(11-27-20)22(13-3-4-13,23(24,25)26)19-12-28-21-8-6-15(30-2)10-17(19)21/h5-13,27-28H,3-4H2,1-2H3. The predicted molar refractivity (Wildman–Crippen MR) is 109 cm³/mol. The highest BCUT2D eigenvalue weighted by molar-refractivity contribution is 5.91. The zero-order chi connectivity index (χ0) is 21.1. The third-order valence-electron chi connectivity index (χ3n) is 6.26. The molecule has 4 nitrogen and oxygen atoms in total. The van der Waals surface area contributed by atoms with Crippen molar-refractivity contribution < 1.29 is 22.6 Å². The SMILES string of the molecule is COc1ccc2[nH]cc(C(c3c[nH]c4ccc(OC)cc34)(C3CC3)C(F)(F)F)c2c1. The minimum atomic E-state index is -4.50. The van der Waals surface area contributed by atoms with E-state index < -0.39 is 17.5 Å². The van der Waals surface area contributed by atoms with Gasteiger partial charge in [-0.3, -0.25) is 0 Å². The van der Waals surface area contributed by atoms with Gasteiger partial charge in [0.1, 0.15) is 16.9 Å². The minimum Gasteiger partial charge on any atom is -0.497 e. The number of hydrogen-bond acceptors (Lipinski definition) is 2. The summed E-state index contributed by atoms with van der Waals surface area (Å²) >= 11 is 0. The van der Waals surface area contributed by atoms with Crippen LogP contribution in [0.4, 0.5) is 13.2 Å². The highest BCUT2D eigenvalue weighted by atomic mass is 19.4. The molecule has 0 amide bonds. The smallest absolute Gasteiger partial charge is 0.402 e. The summed E-state index contributed by atoms with van der Waals surface area (Å²) in [5, 5.41) is 1.05. The van der Waals surface area contributed by atoms with E-state index in [1.807, 2.05) is 0 Å². The molecule has 2 aromatic heterocycles. The quantitative estimate of drug-likeness (QED) is 0.426. The third-order valence-corrected chi connectivity index (χ3v) is 6.26. The van der Waals surface area contributed by atoms with Crippen LogP contribution in [0.3, 0.4) is 0 Å². The molecular weight excluding hydrogens is 393 g/mol. The number of fused-ring (bicyclic) bond motifs is 2. The molecule has 0 unspecified atom stereocenters. The Morgan fingerprint density at radius 3 is 1.63 bits per heavy atom. The maximum absolute atomic E-state index is 15.1. The summed E-state index contributed by atoms with van der Waals surface area (Å²) in [6, 6.07) is 10.4. The molecule has 2 aromatic carbocycles. The fraction of sp³-hybridized carbons (Fsp3) is 0.304. The number of benzene rings is 2. The Labute approximate surface area is 171 Å². The van der Waals surface area contributed by atoms with Crippen molar-refractivity contribution in [2.24, 2.45) is 5.92 Å². The molecule has 1 saturated carbocycles. The lowest BCUT2D eigenvalue weighted by Crippen LogP contribution is -2.45. The fourth-order valence-electron chi connectivity index (χ4n) is 4.74.